The first kappa shape index (κ1) is 20.2. The van der Waals surface area contributed by atoms with Crippen LogP contribution in [0.2, 0.25) is 0 Å². The number of benzene rings is 4. The molecule has 2 aliphatic rings. The summed E-state index contributed by atoms with van der Waals surface area (Å²) in [5.74, 6) is 3.17. The number of hydrogen-bond donors (Lipinski definition) is 0. The summed E-state index contributed by atoms with van der Waals surface area (Å²) in [6.45, 7) is 0.236. The van der Waals surface area contributed by atoms with Crippen molar-refractivity contribution in [1.29, 1.82) is 0 Å². The van der Waals surface area contributed by atoms with Crippen LogP contribution in [0.4, 0.5) is 11.4 Å². The third-order valence-corrected chi connectivity index (χ3v) is 6.00. The van der Waals surface area contributed by atoms with E-state index >= 15 is 0 Å². The summed E-state index contributed by atoms with van der Waals surface area (Å²) >= 11 is 0. The van der Waals surface area contributed by atoms with E-state index in [1.807, 2.05) is 60.7 Å². The Bertz CT molecular complexity index is 1320. The van der Waals surface area contributed by atoms with Gasteiger partial charge in [0.1, 0.15) is 5.75 Å². The van der Waals surface area contributed by atoms with Crippen LogP contribution >= 0.6 is 0 Å². The first-order valence-electron chi connectivity index (χ1n) is 11.1. The fourth-order valence-electron chi connectivity index (χ4n) is 4.36. The molecule has 34 heavy (non-hydrogen) atoms. The lowest BCUT2D eigenvalue weighted by atomic mass is 10.1. The van der Waals surface area contributed by atoms with E-state index in [4.69, 9.17) is 19.3 Å². The fourth-order valence-corrected chi connectivity index (χ4v) is 4.36. The van der Waals surface area contributed by atoms with Crippen molar-refractivity contribution in [2.24, 2.45) is 5.10 Å². The van der Waals surface area contributed by atoms with E-state index in [2.05, 4.69) is 52.4 Å². The maximum absolute atomic E-state index is 5.71. The monoisotopic (exact) mass is 449 g/mol. The first-order chi connectivity index (χ1) is 16.8. The van der Waals surface area contributed by atoms with E-state index < -0.39 is 0 Å². The Labute approximate surface area is 198 Å². The highest BCUT2D eigenvalue weighted by Crippen LogP contribution is 2.43. The zero-order valence-corrected chi connectivity index (χ0v) is 18.7. The molecule has 168 valence electrons. The van der Waals surface area contributed by atoms with Gasteiger partial charge in [-0.25, -0.2) is 5.01 Å². The van der Waals surface area contributed by atoms with E-state index in [1.54, 1.807) is 7.11 Å². The molecule has 6 heteroatoms. The molecule has 0 radical (unpaired) electrons. The number of methoxy groups -OCH3 is 1. The minimum absolute atomic E-state index is 0.236. The smallest absolute Gasteiger partial charge is 0.231 e. The maximum atomic E-state index is 5.71. The molecule has 4 aromatic carbocycles. The molecule has 2 aliphatic heterocycles. The van der Waals surface area contributed by atoms with Gasteiger partial charge >= 0.3 is 0 Å². The van der Waals surface area contributed by atoms with Gasteiger partial charge in [0.2, 0.25) is 6.79 Å². The quantitative estimate of drug-likeness (QED) is 0.385. The number of rotatable bonds is 5. The predicted octanol–water partition coefficient (Wildman–Crippen LogP) is 5.81. The Hall–Kier alpha value is -4.45. The number of nitrogens with zero attached hydrogens (tertiary/aromatic N) is 3. The molecule has 0 saturated carbocycles. The van der Waals surface area contributed by atoms with Crippen molar-refractivity contribution in [3.05, 3.63) is 114 Å². The summed E-state index contributed by atoms with van der Waals surface area (Å²) in [5.41, 5.74) is 4.07. The maximum Gasteiger partial charge on any atom is 0.231 e. The minimum atomic E-state index is -0.236. The molecule has 0 amide bonds. The molecular weight excluding hydrogens is 426 g/mol. The van der Waals surface area contributed by atoms with Gasteiger partial charge in [-0.3, -0.25) is 4.90 Å². The lowest BCUT2D eigenvalue weighted by Gasteiger charge is -2.32. The summed E-state index contributed by atoms with van der Waals surface area (Å²) in [5, 5.41) is 7.21. The number of ether oxygens (including phenoxy) is 3. The Balaban J connectivity index is 1.54. The largest absolute Gasteiger partial charge is 0.497 e. The van der Waals surface area contributed by atoms with Crippen molar-refractivity contribution in [2.45, 2.75) is 6.17 Å². The van der Waals surface area contributed by atoms with Crippen LogP contribution in [-0.2, 0) is 0 Å². The summed E-state index contributed by atoms with van der Waals surface area (Å²) in [4.78, 5) is 2.25. The van der Waals surface area contributed by atoms with Crippen LogP contribution in [0.15, 0.2) is 108 Å². The molecular formula is C28H23N3O3. The SMILES string of the molecule is COc1ccc(N2C(c3ccccc3)=NN(c3ccccc3)[C@H]2c2ccc3c(c2)OCO3)cc1. The van der Waals surface area contributed by atoms with Crippen LogP contribution in [0, 0.1) is 0 Å². The van der Waals surface area contributed by atoms with Crippen molar-refractivity contribution >= 4 is 17.2 Å². The molecule has 0 fully saturated rings. The van der Waals surface area contributed by atoms with Crippen LogP contribution in [0.1, 0.15) is 17.3 Å². The van der Waals surface area contributed by atoms with E-state index in [1.165, 1.54) is 0 Å². The van der Waals surface area contributed by atoms with Crippen molar-refractivity contribution in [3.63, 3.8) is 0 Å². The first-order valence-corrected chi connectivity index (χ1v) is 11.1. The molecule has 0 aromatic heterocycles. The highest BCUT2D eigenvalue weighted by molar-refractivity contribution is 6.12. The zero-order valence-electron chi connectivity index (χ0n) is 18.7. The number of para-hydroxylation sites is 1. The molecule has 6 rings (SSSR count). The average Bonchev–Trinajstić information content (AvgIpc) is 3.54. The van der Waals surface area contributed by atoms with E-state index in [0.717, 1.165) is 45.6 Å². The van der Waals surface area contributed by atoms with Gasteiger partial charge in [0.05, 0.1) is 12.8 Å². The predicted molar refractivity (Wildman–Crippen MR) is 133 cm³/mol. The molecule has 1 atom stereocenters. The van der Waals surface area contributed by atoms with Gasteiger partial charge in [-0.1, -0.05) is 54.6 Å². The lowest BCUT2D eigenvalue weighted by Crippen LogP contribution is -2.35. The molecule has 0 saturated heterocycles. The van der Waals surface area contributed by atoms with Crippen LogP contribution < -0.4 is 24.1 Å². The molecule has 0 bridgehead atoms. The van der Waals surface area contributed by atoms with Gasteiger partial charge < -0.3 is 14.2 Å². The Morgan fingerprint density at radius 3 is 2.21 bits per heavy atom. The molecule has 2 heterocycles. The molecule has 0 spiro atoms. The van der Waals surface area contributed by atoms with Gasteiger partial charge in [-0.2, -0.15) is 5.10 Å². The standard InChI is InChI=1S/C28H23N3O3/c1-32-24-15-13-22(14-16-24)30-27(20-8-4-2-5-9-20)29-31(23-10-6-3-7-11-23)28(30)21-12-17-25-26(18-21)34-19-33-25/h2-18,28H,19H2,1H3/t28-/m0/s1. The second kappa shape index (κ2) is 8.48. The van der Waals surface area contributed by atoms with Crippen molar-refractivity contribution in [3.8, 4) is 17.2 Å². The van der Waals surface area contributed by atoms with Crippen molar-refractivity contribution in [2.75, 3.05) is 23.8 Å². The van der Waals surface area contributed by atoms with Crippen molar-refractivity contribution < 1.29 is 14.2 Å². The Kier molecular flexibility index (Phi) is 5.03. The van der Waals surface area contributed by atoms with Crippen molar-refractivity contribution in [1.82, 2.24) is 0 Å². The topological polar surface area (TPSA) is 46.5 Å². The zero-order chi connectivity index (χ0) is 22.9. The van der Waals surface area contributed by atoms with Gasteiger partial charge in [0.25, 0.3) is 0 Å². The highest BCUT2D eigenvalue weighted by atomic mass is 16.7. The van der Waals surface area contributed by atoms with Gasteiger partial charge in [0.15, 0.2) is 23.5 Å². The van der Waals surface area contributed by atoms with Crippen LogP contribution in [0.5, 0.6) is 17.2 Å². The molecule has 0 unspecified atom stereocenters. The van der Waals surface area contributed by atoms with E-state index in [0.29, 0.717) is 0 Å². The van der Waals surface area contributed by atoms with Crippen LogP contribution in [0.3, 0.4) is 0 Å². The normalized spacial score (nSPS) is 16.5. The molecule has 6 nitrogen and oxygen atoms in total. The summed E-state index contributed by atoms with van der Waals surface area (Å²) < 4.78 is 16.7. The third-order valence-electron chi connectivity index (χ3n) is 6.00. The summed E-state index contributed by atoms with van der Waals surface area (Å²) in [6.07, 6.45) is -0.236. The Morgan fingerprint density at radius 2 is 1.47 bits per heavy atom. The Morgan fingerprint density at radius 1 is 0.765 bits per heavy atom. The second-order valence-corrected chi connectivity index (χ2v) is 8.02. The number of anilines is 2. The van der Waals surface area contributed by atoms with E-state index in [-0.39, 0.29) is 13.0 Å². The number of fused-ring (bicyclic) bond motifs is 1. The fraction of sp³-hybridized carbons (Fsp3) is 0.107. The number of amidine groups is 1. The summed E-state index contributed by atoms with van der Waals surface area (Å²) in [7, 11) is 1.67. The average molecular weight is 450 g/mol. The molecule has 0 aliphatic carbocycles. The van der Waals surface area contributed by atoms with Gasteiger partial charge in [0, 0.05) is 16.8 Å². The number of hydrogen-bond acceptors (Lipinski definition) is 6. The van der Waals surface area contributed by atoms with Crippen LogP contribution in [-0.4, -0.2) is 19.7 Å². The molecule has 0 N–H and O–H groups in total. The highest BCUT2D eigenvalue weighted by Gasteiger charge is 2.38. The second-order valence-electron chi connectivity index (χ2n) is 8.02. The van der Waals surface area contributed by atoms with E-state index in [9.17, 15) is 0 Å². The minimum Gasteiger partial charge on any atom is -0.497 e. The lowest BCUT2D eigenvalue weighted by molar-refractivity contribution is 0.174. The molecule has 4 aromatic rings. The van der Waals surface area contributed by atoms with Gasteiger partial charge in [-0.05, 0) is 48.5 Å². The summed E-state index contributed by atoms with van der Waals surface area (Å²) in [6, 6.07) is 34.6. The third kappa shape index (κ3) is 3.49. The van der Waals surface area contributed by atoms with Gasteiger partial charge in [-0.15, -0.1) is 0 Å². The van der Waals surface area contributed by atoms with Crippen LogP contribution in [0.25, 0.3) is 0 Å². The number of hydrazone groups is 1.